The summed E-state index contributed by atoms with van der Waals surface area (Å²) in [6.45, 7) is 2.61. The number of benzene rings is 1. The summed E-state index contributed by atoms with van der Waals surface area (Å²) in [6.07, 6.45) is 2.34. The van der Waals surface area contributed by atoms with Crippen LogP contribution in [0.15, 0.2) is 34.7 Å². The molecule has 1 fully saturated rings. The second-order valence-electron chi connectivity index (χ2n) is 7.53. The van der Waals surface area contributed by atoms with E-state index in [1.807, 2.05) is 24.3 Å². The van der Waals surface area contributed by atoms with E-state index in [1.54, 1.807) is 18.0 Å². The molecule has 1 aromatic carbocycles. The minimum atomic E-state index is -0.112. The number of carbonyl (C=O) groups excluding carboxylic acids is 2. The van der Waals surface area contributed by atoms with Gasteiger partial charge in [0.15, 0.2) is 6.61 Å². The van der Waals surface area contributed by atoms with Crippen molar-refractivity contribution in [2.45, 2.75) is 38.6 Å². The van der Waals surface area contributed by atoms with Gasteiger partial charge in [-0.05, 0) is 54.7 Å². The van der Waals surface area contributed by atoms with Crippen molar-refractivity contribution in [2.24, 2.45) is 5.92 Å². The molecule has 0 bridgehead atoms. The van der Waals surface area contributed by atoms with Crippen LogP contribution in [0, 0.1) is 5.92 Å². The number of likely N-dealkylation sites (N-methyl/N-ethyl adjacent to an activating group) is 1. The zero-order valence-electron chi connectivity index (χ0n) is 15.7. The van der Waals surface area contributed by atoms with Crippen LogP contribution in [0.25, 0.3) is 0 Å². The van der Waals surface area contributed by atoms with Crippen LogP contribution in [0.5, 0.6) is 5.75 Å². The number of hydrogen-bond donors (Lipinski definition) is 1. The van der Waals surface area contributed by atoms with E-state index in [4.69, 9.17) is 9.15 Å². The van der Waals surface area contributed by atoms with Gasteiger partial charge >= 0.3 is 0 Å². The van der Waals surface area contributed by atoms with Gasteiger partial charge in [0.25, 0.3) is 5.91 Å². The van der Waals surface area contributed by atoms with E-state index in [9.17, 15) is 9.59 Å². The molecule has 0 spiro atoms. The lowest BCUT2D eigenvalue weighted by molar-refractivity contribution is -0.132. The molecule has 1 aromatic heterocycles. The molecule has 2 aromatic rings. The van der Waals surface area contributed by atoms with Crippen LogP contribution in [-0.2, 0) is 22.6 Å². The van der Waals surface area contributed by atoms with Crippen LogP contribution in [0.1, 0.15) is 42.8 Å². The first-order chi connectivity index (χ1) is 13.0. The molecule has 2 aliphatic rings. The Morgan fingerprint density at radius 1 is 1.30 bits per heavy atom. The smallest absolute Gasteiger partial charge is 0.260 e. The normalized spacial score (nSPS) is 20.6. The zero-order valence-corrected chi connectivity index (χ0v) is 15.7. The summed E-state index contributed by atoms with van der Waals surface area (Å²) in [6, 6.07) is 9.44. The van der Waals surface area contributed by atoms with Crippen molar-refractivity contribution in [3.63, 3.8) is 0 Å². The third kappa shape index (κ3) is 3.99. The fraction of sp³-hybridized carbons (Fsp3) is 0.429. The average molecular weight is 368 g/mol. The highest BCUT2D eigenvalue weighted by Crippen LogP contribution is 2.47. The van der Waals surface area contributed by atoms with Crippen molar-refractivity contribution >= 4 is 17.5 Å². The summed E-state index contributed by atoms with van der Waals surface area (Å²) in [5, 5.41) is 2.83. The van der Waals surface area contributed by atoms with Crippen molar-refractivity contribution in [2.75, 3.05) is 19.0 Å². The van der Waals surface area contributed by atoms with Crippen LogP contribution >= 0.6 is 0 Å². The Balaban J connectivity index is 1.30. The van der Waals surface area contributed by atoms with Crippen LogP contribution < -0.4 is 10.1 Å². The largest absolute Gasteiger partial charge is 0.484 e. The molecule has 142 valence electrons. The van der Waals surface area contributed by atoms with Crippen LogP contribution in [0.2, 0.25) is 0 Å². The fourth-order valence-electron chi connectivity index (χ4n) is 3.42. The Morgan fingerprint density at radius 3 is 2.89 bits per heavy atom. The van der Waals surface area contributed by atoms with Crippen molar-refractivity contribution < 1.29 is 18.7 Å². The summed E-state index contributed by atoms with van der Waals surface area (Å²) >= 11 is 0. The summed E-state index contributed by atoms with van der Waals surface area (Å²) in [4.78, 5) is 25.4. The zero-order chi connectivity index (χ0) is 19.0. The van der Waals surface area contributed by atoms with Gasteiger partial charge in [0.2, 0.25) is 5.91 Å². The molecule has 6 heteroatoms. The van der Waals surface area contributed by atoms with E-state index in [1.165, 1.54) is 6.42 Å². The third-order valence-corrected chi connectivity index (χ3v) is 5.31. The Bertz CT molecular complexity index is 873. The van der Waals surface area contributed by atoms with Crippen molar-refractivity contribution in [1.29, 1.82) is 0 Å². The summed E-state index contributed by atoms with van der Waals surface area (Å²) in [5.41, 5.74) is 1.85. The minimum Gasteiger partial charge on any atom is -0.484 e. The molecular weight excluding hydrogens is 344 g/mol. The van der Waals surface area contributed by atoms with E-state index >= 15 is 0 Å². The van der Waals surface area contributed by atoms with E-state index in [0.717, 1.165) is 22.8 Å². The van der Waals surface area contributed by atoms with Gasteiger partial charge < -0.3 is 19.4 Å². The predicted molar refractivity (Wildman–Crippen MR) is 101 cm³/mol. The first-order valence-corrected chi connectivity index (χ1v) is 9.38. The molecule has 1 saturated carbocycles. The fourth-order valence-corrected chi connectivity index (χ4v) is 3.42. The Hall–Kier alpha value is -2.76. The standard InChI is InChI=1S/C21H24N2O4/c1-13-9-17(13)19-7-5-16(27-19)11-23(2)21(25)12-26-15-4-6-18-14(10-15)3-8-20(24)22-18/h4-7,10,13,17H,3,8-9,11-12H2,1-2H3,(H,22,24)/t13-,17+/m1/s1. The van der Waals surface area contributed by atoms with Gasteiger partial charge in [0.1, 0.15) is 17.3 Å². The number of fused-ring (bicyclic) bond motifs is 1. The molecule has 6 nitrogen and oxygen atoms in total. The van der Waals surface area contributed by atoms with E-state index in [0.29, 0.717) is 37.0 Å². The first kappa shape index (κ1) is 17.6. The highest BCUT2D eigenvalue weighted by Gasteiger charge is 2.36. The molecule has 0 unspecified atom stereocenters. The van der Waals surface area contributed by atoms with Crippen molar-refractivity contribution in [1.82, 2.24) is 4.90 Å². The number of hydrogen-bond acceptors (Lipinski definition) is 4. The Morgan fingerprint density at radius 2 is 2.11 bits per heavy atom. The molecule has 1 aliphatic carbocycles. The van der Waals surface area contributed by atoms with Gasteiger partial charge in [-0.25, -0.2) is 0 Å². The van der Waals surface area contributed by atoms with Gasteiger partial charge in [-0.3, -0.25) is 9.59 Å². The second-order valence-corrected chi connectivity index (χ2v) is 7.53. The molecule has 27 heavy (non-hydrogen) atoms. The number of nitrogens with one attached hydrogen (secondary N) is 1. The Labute approximate surface area is 158 Å². The molecule has 1 aliphatic heterocycles. The van der Waals surface area contributed by atoms with Gasteiger partial charge in [-0.15, -0.1) is 0 Å². The number of furan rings is 1. The molecule has 2 amide bonds. The number of aryl methyl sites for hydroxylation is 1. The first-order valence-electron chi connectivity index (χ1n) is 9.38. The van der Waals surface area contributed by atoms with E-state index in [2.05, 4.69) is 12.2 Å². The highest BCUT2D eigenvalue weighted by atomic mass is 16.5. The number of amides is 2. The van der Waals surface area contributed by atoms with E-state index < -0.39 is 0 Å². The molecule has 2 atom stereocenters. The monoisotopic (exact) mass is 368 g/mol. The number of rotatable bonds is 6. The lowest BCUT2D eigenvalue weighted by Crippen LogP contribution is -2.30. The van der Waals surface area contributed by atoms with Crippen LogP contribution in [0.3, 0.4) is 0 Å². The summed E-state index contributed by atoms with van der Waals surface area (Å²) in [5.74, 6) is 3.61. The average Bonchev–Trinajstić information content (AvgIpc) is 3.20. The van der Waals surface area contributed by atoms with Gasteiger partial charge in [-0.2, -0.15) is 0 Å². The topological polar surface area (TPSA) is 71.8 Å². The number of nitrogens with zero attached hydrogens (tertiary/aromatic N) is 1. The molecule has 0 saturated heterocycles. The minimum absolute atomic E-state index is 0.0326. The van der Waals surface area contributed by atoms with Gasteiger partial charge in [0, 0.05) is 25.1 Å². The van der Waals surface area contributed by atoms with Gasteiger partial charge in [0.05, 0.1) is 6.54 Å². The third-order valence-electron chi connectivity index (χ3n) is 5.31. The molecule has 1 N–H and O–H groups in total. The molecular formula is C21H24N2O4. The lowest BCUT2D eigenvalue weighted by atomic mass is 10.0. The maximum Gasteiger partial charge on any atom is 0.260 e. The number of ether oxygens (including phenoxy) is 1. The predicted octanol–water partition coefficient (Wildman–Crippen LogP) is 3.33. The number of anilines is 1. The Kier molecular flexibility index (Phi) is 4.64. The summed E-state index contributed by atoms with van der Waals surface area (Å²) < 4.78 is 11.5. The van der Waals surface area contributed by atoms with Crippen LogP contribution in [0.4, 0.5) is 5.69 Å². The van der Waals surface area contributed by atoms with Crippen LogP contribution in [-0.4, -0.2) is 30.4 Å². The van der Waals surface area contributed by atoms with Crippen molar-refractivity contribution in [3.05, 3.63) is 47.4 Å². The second kappa shape index (κ2) is 7.10. The van der Waals surface area contributed by atoms with Crippen molar-refractivity contribution in [3.8, 4) is 5.75 Å². The molecule has 0 radical (unpaired) electrons. The maximum absolute atomic E-state index is 12.4. The van der Waals surface area contributed by atoms with Gasteiger partial charge in [-0.1, -0.05) is 6.92 Å². The van der Waals surface area contributed by atoms with E-state index in [-0.39, 0.29) is 18.4 Å². The molecule has 2 heterocycles. The lowest BCUT2D eigenvalue weighted by Gasteiger charge is -2.19. The molecule has 4 rings (SSSR count). The summed E-state index contributed by atoms with van der Waals surface area (Å²) in [7, 11) is 1.75. The maximum atomic E-state index is 12.4. The highest BCUT2D eigenvalue weighted by molar-refractivity contribution is 5.94. The SMILES string of the molecule is C[C@@H]1C[C@@H]1c1ccc(CN(C)C(=O)COc2ccc3c(c2)CCC(=O)N3)o1. The quantitative estimate of drug-likeness (QED) is 0.849. The number of carbonyl (C=O) groups is 2.